The van der Waals surface area contributed by atoms with E-state index in [0.29, 0.717) is 11.3 Å². The molecule has 0 amide bonds. The molecule has 0 aromatic carbocycles. The Bertz CT molecular complexity index is 486. The lowest BCUT2D eigenvalue weighted by Crippen LogP contribution is -2.59. The Hall–Kier alpha value is -0.0800. The number of ether oxygens (including phenoxy) is 1. The van der Waals surface area contributed by atoms with Crippen molar-refractivity contribution < 1.29 is 9.84 Å². The molecule has 5 fully saturated rings. The fraction of sp³-hybridized carbons (Fsp3) is 1.00. The zero-order chi connectivity index (χ0) is 14.0. The zero-order valence-corrected chi connectivity index (χ0v) is 13.1. The zero-order valence-electron chi connectivity index (χ0n) is 13.1. The number of fused-ring (bicyclic) bond motifs is 3. The minimum atomic E-state index is -0.404. The van der Waals surface area contributed by atoms with E-state index in [0.717, 1.165) is 30.6 Å². The quantitative estimate of drug-likeness (QED) is 0.687. The molecule has 112 valence electrons. The molecule has 4 saturated carbocycles. The second-order valence-corrected chi connectivity index (χ2v) is 9.33. The van der Waals surface area contributed by atoms with Crippen molar-refractivity contribution in [3.05, 3.63) is 0 Å². The highest BCUT2D eigenvalue weighted by Gasteiger charge is 2.86. The van der Waals surface area contributed by atoms with Crippen LogP contribution < -0.4 is 0 Å². The maximum Gasteiger partial charge on any atom is 0.106 e. The third-order valence-electron chi connectivity index (χ3n) is 8.32. The molecule has 20 heavy (non-hydrogen) atoms. The van der Waals surface area contributed by atoms with Crippen LogP contribution in [0.5, 0.6) is 0 Å². The van der Waals surface area contributed by atoms with Gasteiger partial charge in [-0.3, -0.25) is 0 Å². The summed E-state index contributed by atoms with van der Waals surface area (Å²) in [5, 5.41) is 11.2. The van der Waals surface area contributed by atoms with Crippen molar-refractivity contribution in [1.29, 1.82) is 0 Å². The maximum absolute atomic E-state index is 11.2. The third-order valence-corrected chi connectivity index (χ3v) is 8.32. The normalized spacial score (nSPS) is 65.4. The average molecular weight is 276 g/mol. The molecule has 2 nitrogen and oxygen atoms in total. The van der Waals surface area contributed by atoms with Gasteiger partial charge in [-0.25, -0.2) is 0 Å². The molecule has 5 aliphatic rings. The van der Waals surface area contributed by atoms with Gasteiger partial charge in [-0.15, -0.1) is 0 Å². The maximum atomic E-state index is 11.2. The van der Waals surface area contributed by atoms with Crippen LogP contribution in [0.15, 0.2) is 0 Å². The Morgan fingerprint density at radius 2 is 1.80 bits per heavy atom. The van der Waals surface area contributed by atoms with Crippen LogP contribution in [0.25, 0.3) is 0 Å². The highest BCUT2D eigenvalue weighted by molar-refractivity contribution is 5.34. The van der Waals surface area contributed by atoms with E-state index >= 15 is 0 Å². The molecule has 0 aromatic rings. The number of hydrogen-bond donors (Lipinski definition) is 1. The van der Waals surface area contributed by atoms with Gasteiger partial charge in [0, 0.05) is 5.92 Å². The van der Waals surface area contributed by atoms with Crippen LogP contribution in [0.4, 0.5) is 0 Å². The van der Waals surface area contributed by atoms with E-state index < -0.39 is 5.60 Å². The monoisotopic (exact) mass is 276 g/mol. The summed E-state index contributed by atoms with van der Waals surface area (Å²) in [5.74, 6) is 2.89. The SMILES string of the molecule is CC1(C)C2C[C@@]3(C)OC34[C@@H](CC[C@@]3(O)CCCC[C@@H]43)C21. The van der Waals surface area contributed by atoms with Crippen LogP contribution in [-0.4, -0.2) is 21.9 Å². The summed E-state index contributed by atoms with van der Waals surface area (Å²) in [6.07, 6.45) is 8.19. The number of hydrogen-bond acceptors (Lipinski definition) is 2. The number of rotatable bonds is 0. The molecular formula is C18H28O2. The third kappa shape index (κ3) is 1.11. The van der Waals surface area contributed by atoms with Gasteiger partial charge >= 0.3 is 0 Å². The smallest absolute Gasteiger partial charge is 0.106 e. The van der Waals surface area contributed by atoms with Gasteiger partial charge in [0.05, 0.1) is 11.2 Å². The fourth-order valence-corrected chi connectivity index (χ4v) is 7.31. The van der Waals surface area contributed by atoms with Gasteiger partial charge in [0.15, 0.2) is 0 Å². The first-order chi connectivity index (χ1) is 9.35. The second-order valence-electron chi connectivity index (χ2n) is 9.33. The lowest BCUT2D eigenvalue weighted by molar-refractivity contribution is -0.133. The molecule has 1 N–H and O–H groups in total. The Balaban J connectivity index is 1.59. The van der Waals surface area contributed by atoms with Gasteiger partial charge in [-0.05, 0) is 62.2 Å². The van der Waals surface area contributed by atoms with Gasteiger partial charge in [0.1, 0.15) is 5.60 Å². The Morgan fingerprint density at radius 3 is 2.60 bits per heavy atom. The van der Waals surface area contributed by atoms with Crippen LogP contribution in [0, 0.1) is 29.1 Å². The van der Waals surface area contributed by atoms with Crippen LogP contribution >= 0.6 is 0 Å². The molecular weight excluding hydrogens is 248 g/mol. The molecule has 1 heterocycles. The number of epoxide rings is 1. The first kappa shape index (κ1) is 12.5. The molecule has 2 heteroatoms. The van der Waals surface area contributed by atoms with Crippen LogP contribution in [-0.2, 0) is 4.74 Å². The summed E-state index contributed by atoms with van der Waals surface area (Å²) in [6.45, 7) is 7.28. The van der Waals surface area contributed by atoms with E-state index in [1.807, 2.05) is 0 Å². The van der Waals surface area contributed by atoms with Crippen LogP contribution in [0.3, 0.4) is 0 Å². The molecule has 0 radical (unpaired) electrons. The first-order valence-corrected chi connectivity index (χ1v) is 8.78. The Kier molecular flexibility index (Phi) is 1.96. The van der Waals surface area contributed by atoms with E-state index in [1.165, 1.54) is 32.1 Å². The van der Waals surface area contributed by atoms with Crippen molar-refractivity contribution in [3.63, 3.8) is 0 Å². The summed E-state index contributed by atoms with van der Waals surface area (Å²) in [7, 11) is 0. The summed E-state index contributed by atoms with van der Waals surface area (Å²) in [5.41, 5.74) is 0.262. The second kappa shape index (κ2) is 3.15. The van der Waals surface area contributed by atoms with Gasteiger partial charge in [-0.1, -0.05) is 26.7 Å². The van der Waals surface area contributed by atoms with E-state index in [-0.39, 0.29) is 11.2 Å². The predicted octanol–water partition coefficient (Wildman–Crippen LogP) is 3.52. The Labute approximate surface area is 122 Å². The average Bonchev–Trinajstić information content (AvgIpc) is 3.17. The van der Waals surface area contributed by atoms with Gasteiger partial charge in [0.2, 0.25) is 0 Å². The molecule has 0 bridgehead atoms. The summed E-state index contributed by atoms with van der Waals surface area (Å²) in [4.78, 5) is 0. The fourth-order valence-electron chi connectivity index (χ4n) is 7.31. The lowest BCUT2D eigenvalue weighted by Gasteiger charge is -2.52. The summed E-state index contributed by atoms with van der Waals surface area (Å²) < 4.78 is 6.53. The minimum absolute atomic E-state index is 0.0509. The summed E-state index contributed by atoms with van der Waals surface area (Å²) >= 11 is 0. The van der Waals surface area contributed by atoms with Crippen molar-refractivity contribution in [2.24, 2.45) is 29.1 Å². The molecule has 1 aliphatic heterocycles. The molecule has 1 saturated heterocycles. The van der Waals surface area contributed by atoms with Gasteiger partial charge in [-0.2, -0.15) is 0 Å². The molecule has 5 rings (SSSR count). The molecule has 7 atom stereocenters. The van der Waals surface area contributed by atoms with Crippen LogP contribution in [0.1, 0.15) is 65.7 Å². The van der Waals surface area contributed by atoms with Crippen molar-refractivity contribution in [2.75, 3.05) is 0 Å². The van der Waals surface area contributed by atoms with E-state index in [4.69, 9.17) is 4.74 Å². The highest BCUT2D eigenvalue weighted by atomic mass is 16.6. The predicted molar refractivity (Wildman–Crippen MR) is 77.2 cm³/mol. The van der Waals surface area contributed by atoms with Gasteiger partial charge < -0.3 is 9.84 Å². The molecule has 0 aromatic heterocycles. The van der Waals surface area contributed by atoms with Crippen molar-refractivity contribution in [3.8, 4) is 0 Å². The molecule has 4 aliphatic carbocycles. The number of aliphatic hydroxyl groups is 1. The van der Waals surface area contributed by atoms with Crippen molar-refractivity contribution >= 4 is 0 Å². The minimum Gasteiger partial charge on any atom is -0.389 e. The molecule has 1 spiro atoms. The molecule has 3 unspecified atom stereocenters. The van der Waals surface area contributed by atoms with Crippen molar-refractivity contribution in [1.82, 2.24) is 0 Å². The Morgan fingerprint density at radius 1 is 1.00 bits per heavy atom. The largest absolute Gasteiger partial charge is 0.389 e. The van der Waals surface area contributed by atoms with E-state index in [1.54, 1.807) is 0 Å². The first-order valence-electron chi connectivity index (χ1n) is 8.78. The summed E-state index contributed by atoms with van der Waals surface area (Å²) in [6, 6.07) is 0. The van der Waals surface area contributed by atoms with E-state index in [2.05, 4.69) is 20.8 Å². The standard InChI is InChI=1S/C18H28O2/c1-15(2)12-10-16(3)18(20-16)11(14(12)15)7-9-17(19)8-5-4-6-13(17)18/h11-14,19H,4-10H2,1-3H3/t11-,12?,13+,14?,16+,17-,18?/m0/s1. The van der Waals surface area contributed by atoms with Crippen molar-refractivity contribution in [2.45, 2.75) is 82.5 Å². The highest BCUT2D eigenvalue weighted by Crippen LogP contribution is 2.81. The van der Waals surface area contributed by atoms with Gasteiger partial charge in [0.25, 0.3) is 0 Å². The topological polar surface area (TPSA) is 32.8 Å². The lowest BCUT2D eigenvalue weighted by atomic mass is 9.53. The van der Waals surface area contributed by atoms with Crippen LogP contribution in [0.2, 0.25) is 0 Å². The van der Waals surface area contributed by atoms with E-state index in [9.17, 15) is 5.11 Å².